The molecule has 0 aliphatic carbocycles. The molecule has 1 aromatic heterocycles. The number of hydrogen-bond acceptors (Lipinski definition) is 2. The van der Waals surface area contributed by atoms with Crippen LogP contribution in [0.2, 0.25) is 0 Å². The first kappa shape index (κ1) is 13.6. The van der Waals surface area contributed by atoms with Crippen LogP contribution in [0.4, 0.5) is 0 Å². The highest BCUT2D eigenvalue weighted by Gasteiger charge is 2.06. The Balaban J connectivity index is 1.84. The maximum atomic E-state index is 9.07. The SMILES string of the molecule is Cc1cc(-c2ccccc2)nn1Cc1ccc(CO)cc1. The molecule has 1 heterocycles. The second-order valence-corrected chi connectivity index (χ2v) is 5.17. The first-order valence-corrected chi connectivity index (χ1v) is 7.05. The monoisotopic (exact) mass is 278 g/mol. The molecule has 2 aromatic carbocycles. The fraction of sp³-hybridized carbons (Fsp3) is 0.167. The lowest BCUT2D eigenvalue weighted by Gasteiger charge is -2.05. The number of nitrogens with zero attached hydrogens (tertiary/aromatic N) is 2. The van der Waals surface area contributed by atoms with E-state index in [0.29, 0.717) is 0 Å². The zero-order valence-electron chi connectivity index (χ0n) is 12.0. The molecule has 0 unspecified atom stereocenters. The van der Waals surface area contributed by atoms with Crippen LogP contribution in [0.5, 0.6) is 0 Å². The Morgan fingerprint density at radius 3 is 2.29 bits per heavy atom. The number of benzene rings is 2. The molecule has 0 amide bonds. The van der Waals surface area contributed by atoms with Crippen LogP contribution in [-0.4, -0.2) is 14.9 Å². The second kappa shape index (κ2) is 5.94. The summed E-state index contributed by atoms with van der Waals surface area (Å²) in [5.74, 6) is 0. The van der Waals surface area contributed by atoms with Gasteiger partial charge in [0.25, 0.3) is 0 Å². The highest BCUT2D eigenvalue weighted by atomic mass is 16.3. The van der Waals surface area contributed by atoms with Crippen LogP contribution in [0.25, 0.3) is 11.3 Å². The van der Waals surface area contributed by atoms with Crippen molar-refractivity contribution in [3.63, 3.8) is 0 Å². The van der Waals surface area contributed by atoms with Crippen LogP contribution < -0.4 is 0 Å². The summed E-state index contributed by atoms with van der Waals surface area (Å²) in [7, 11) is 0. The molecule has 0 radical (unpaired) electrons. The maximum absolute atomic E-state index is 9.07. The molecule has 21 heavy (non-hydrogen) atoms. The van der Waals surface area contributed by atoms with E-state index in [1.165, 1.54) is 5.56 Å². The Kier molecular flexibility index (Phi) is 3.84. The van der Waals surface area contributed by atoms with E-state index in [1.54, 1.807) is 0 Å². The molecule has 0 aliphatic heterocycles. The van der Waals surface area contributed by atoms with Gasteiger partial charge in [0.1, 0.15) is 0 Å². The third kappa shape index (κ3) is 3.03. The summed E-state index contributed by atoms with van der Waals surface area (Å²) in [6.45, 7) is 2.89. The Hall–Kier alpha value is -2.39. The van der Waals surface area contributed by atoms with Gasteiger partial charge in [0.15, 0.2) is 0 Å². The molecule has 3 heteroatoms. The highest BCUT2D eigenvalue weighted by Crippen LogP contribution is 2.19. The fourth-order valence-electron chi connectivity index (χ4n) is 2.34. The predicted octanol–water partition coefficient (Wildman–Crippen LogP) is 3.40. The summed E-state index contributed by atoms with van der Waals surface area (Å²) in [5, 5.41) is 13.8. The normalized spacial score (nSPS) is 10.8. The summed E-state index contributed by atoms with van der Waals surface area (Å²) in [6.07, 6.45) is 0. The lowest BCUT2D eigenvalue weighted by Crippen LogP contribution is -2.03. The number of rotatable bonds is 4. The Morgan fingerprint density at radius 2 is 1.62 bits per heavy atom. The van der Waals surface area contributed by atoms with Crippen molar-refractivity contribution in [2.75, 3.05) is 0 Å². The van der Waals surface area contributed by atoms with Crippen molar-refractivity contribution in [2.45, 2.75) is 20.1 Å². The van der Waals surface area contributed by atoms with Crippen LogP contribution in [0.3, 0.4) is 0 Å². The van der Waals surface area contributed by atoms with E-state index >= 15 is 0 Å². The Bertz CT molecular complexity index is 715. The average molecular weight is 278 g/mol. The zero-order chi connectivity index (χ0) is 14.7. The summed E-state index contributed by atoms with van der Waals surface area (Å²) < 4.78 is 2.01. The summed E-state index contributed by atoms with van der Waals surface area (Å²) in [4.78, 5) is 0. The smallest absolute Gasteiger partial charge is 0.0926 e. The van der Waals surface area contributed by atoms with E-state index in [-0.39, 0.29) is 6.61 Å². The number of aliphatic hydroxyl groups is 1. The van der Waals surface area contributed by atoms with Crippen molar-refractivity contribution < 1.29 is 5.11 Å². The Labute approximate surface area is 124 Å². The second-order valence-electron chi connectivity index (χ2n) is 5.17. The van der Waals surface area contributed by atoms with Crippen LogP contribution in [0.1, 0.15) is 16.8 Å². The molecule has 0 aliphatic rings. The quantitative estimate of drug-likeness (QED) is 0.794. The number of aliphatic hydroxyl groups excluding tert-OH is 1. The molecule has 1 N–H and O–H groups in total. The zero-order valence-corrected chi connectivity index (χ0v) is 12.0. The van der Waals surface area contributed by atoms with E-state index in [2.05, 4.69) is 30.2 Å². The molecular weight excluding hydrogens is 260 g/mol. The summed E-state index contributed by atoms with van der Waals surface area (Å²) in [6, 6.07) is 20.3. The third-order valence-electron chi connectivity index (χ3n) is 3.59. The first-order chi connectivity index (χ1) is 10.3. The van der Waals surface area contributed by atoms with Gasteiger partial charge in [0.2, 0.25) is 0 Å². The summed E-state index contributed by atoms with van der Waals surface area (Å²) >= 11 is 0. The van der Waals surface area contributed by atoms with Gasteiger partial charge in [-0.2, -0.15) is 5.10 Å². The van der Waals surface area contributed by atoms with Gasteiger partial charge in [-0.15, -0.1) is 0 Å². The third-order valence-corrected chi connectivity index (χ3v) is 3.59. The number of hydrogen-bond donors (Lipinski definition) is 1. The van der Waals surface area contributed by atoms with E-state index in [0.717, 1.165) is 29.1 Å². The standard InChI is InChI=1S/C18H18N2O/c1-14-11-18(17-5-3-2-4-6-17)19-20(14)12-15-7-9-16(13-21)10-8-15/h2-11,21H,12-13H2,1H3. The van der Waals surface area contributed by atoms with Crippen molar-refractivity contribution in [3.8, 4) is 11.3 Å². The van der Waals surface area contributed by atoms with E-state index in [1.807, 2.05) is 47.1 Å². The van der Waals surface area contributed by atoms with E-state index in [4.69, 9.17) is 5.11 Å². The molecular formula is C18H18N2O. The van der Waals surface area contributed by atoms with Gasteiger partial charge in [-0.1, -0.05) is 54.6 Å². The molecule has 3 aromatic rings. The fourth-order valence-corrected chi connectivity index (χ4v) is 2.34. The van der Waals surface area contributed by atoms with Crippen molar-refractivity contribution in [3.05, 3.63) is 77.5 Å². The average Bonchev–Trinajstić information content (AvgIpc) is 2.90. The molecule has 3 rings (SSSR count). The minimum Gasteiger partial charge on any atom is -0.392 e. The molecule has 106 valence electrons. The lowest BCUT2D eigenvalue weighted by atomic mass is 10.1. The van der Waals surface area contributed by atoms with Crippen molar-refractivity contribution >= 4 is 0 Å². The molecule has 0 saturated heterocycles. The topological polar surface area (TPSA) is 38.0 Å². The van der Waals surface area contributed by atoms with Gasteiger partial charge in [-0.3, -0.25) is 4.68 Å². The van der Waals surface area contributed by atoms with Crippen LogP contribution in [0, 0.1) is 6.92 Å². The van der Waals surface area contributed by atoms with Crippen LogP contribution in [-0.2, 0) is 13.2 Å². The Morgan fingerprint density at radius 1 is 0.952 bits per heavy atom. The van der Waals surface area contributed by atoms with E-state index < -0.39 is 0 Å². The first-order valence-electron chi connectivity index (χ1n) is 7.05. The van der Waals surface area contributed by atoms with Crippen molar-refractivity contribution in [1.29, 1.82) is 0 Å². The van der Waals surface area contributed by atoms with Crippen LogP contribution >= 0.6 is 0 Å². The lowest BCUT2D eigenvalue weighted by molar-refractivity contribution is 0.282. The van der Waals surface area contributed by atoms with Gasteiger partial charge in [-0.05, 0) is 24.1 Å². The minimum absolute atomic E-state index is 0.0826. The van der Waals surface area contributed by atoms with Gasteiger partial charge >= 0.3 is 0 Å². The van der Waals surface area contributed by atoms with Gasteiger partial charge in [0, 0.05) is 11.3 Å². The predicted molar refractivity (Wildman–Crippen MR) is 83.9 cm³/mol. The summed E-state index contributed by atoms with van der Waals surface area (Å²) in [5.41, 5.74) is 5.38. The molecule has 0 fully saturated rings. The van der Waals surface area contributed by atoms with Gasteiger partial charge in [-0.25, -0.2) is 0 Å². The maximum Gasteiger partial charge on any atom is 0.0926 e. The van der Waals surface area contributed by atoms with Crippen LogP contribution in [0.15, 0.2) is 60.7 Å². The highest BCUT2D eigenvalue weighted by molar-refractivity contribution is 5.59. The molecule has 0 saturated carbocycles. The molecule has 0 spiro atoms. The molecule has 0 bridgehead atoms. The van der Waals surface area contributed by atoms with Gasteiger partial charge < -0.3 is 5.11 Å². The van der Waals surface area contributed by atoms with Crippen molar-refractivity contribution in [2.24, 2.45) is 0 Å². The number of aryl methyl sites for hydroxylation is 1. The largest absolute Gasteiger partial charge is 0.392 e. The minimum atomic E-state index is 0.0826. The van der Waals surface area contributed by atoms with E-state index in [9.17, 15) is 0 Å². The van der Waals surface area contributed by atoms with Gasteiger partial charge in [0.05, 0.1) is 18.8 Å². The molecule has 3 nitrogen and oxygen atoms in total. The van der Waals surface area contributed by atoms with Crippen molar-refractivity contribution in [1.82, 2.24) is 9.78 Å². The number of aromatic nitrogens is 2. The molecule has 0 atom stereocenters.